The monoisotopic (exact) mass is 334 g/mol. The van der Waals surface area contributed by atoms with Gasteiger partial charge >= 0.3 is 0 Å². The van der Waals surface area contributed by atoms with Crippen molar-refractivity contribution in [2.24, 2.45) is 0 Å². The van der Waals surface area contributed by atoms with Crippen LogP contribution < -0.4 is 15.0 Å². The molecule has 1 N–H and O–H groups in total. The summed E-state index contributed by atoms with van der Waals surface area (Å²) in [4.78, 5) is 11.1. The van der Waals surface area contributed by atoms with E-state index in [0.717, 1.165) is 29.5 Å². The minimum atomic E-state index is 0.566. The first-order valence-corrected chi connectivity index (χ1v) is 8.45. The number of rotatable bonds is 7. The third-order valence-electron chi connectivity index (χ3n) is 3.72. The summed E-state index contributed by atoms with van der Waals surface area (Å²) >= 11 is 0. The maximum absolute atomic E-state index is 5.46. The molecule has 1 heterocycles. The zero-order chi connectivity index (χ0) is 17.5. The molecule has 0 aliphatic rings. The Balaban J connectivity index is 1.79. The van der Waals surface area contributed by atoms with Crippen molar-refractivity contribution in [3.05, 3.63) is 66.9 Å². The lowest BCUT2D eigenvalue weighted by Crippen LogP contribution is -2.17. The third kappa shape index (κ3) is 4.26. The summed E-state index contributed by atoms with van der Waals surface area (Å²) in [5, 5.41) is 3.24. The highest BCUT2D eigenvalue weighted by atomic mass is 16.5. The minimum Gasteiger partial charge on any atom is -0.494 e. The van der Waals surface area contributed by atoms with E-state index in [1.165, 1.54) is 0 Å². The Hall–Kier alpha value is -3.08. The molecule has 0 atom stereocenters. The lowest BCUT2D eigenvalue weighted by molar-refractivity contribution is 0.340. The van der Waals surface area contributed by atoms with E-state index in [2.05, 4.69) is 39.2 Å². The van der Waals surface area contributed by atoms with Crippen molar-refractivity contribution in [1.82, 2.24) is 9.97 Å². The molecular weight excluding hydrogens is 312 g/mol. The fourth-order valence-electron chi connectivity index (χ4n) is 2.57. The van der Waals surface area contributed by atoms with E-state index in [1.807, 2.05) is 55.5 Å². The van der Waals surface area contributed by atoms with Crippen molar-refractivity contribution < 1.29 is 4.74 Å². The van der Waals surface area contributed by atoms with Crippen LogP contribution in [0.2, 0.25) is 0 Å². The summed E-state index contributed by atoms with van der Waals surface area (Å²) in [6.45, 7) is 5.56. The highest BCUT2D eigenvalue weighted by molar-refractivity contribution is 5.62. The summed E-state index contributed by atoms with van der Waals surface area (Å²) in [5.74, 6) is 2.28. The van der Waals surface area contributed by atoms with Crippen molar-refractivity contribution >= 4 is 23.1 Å². The molecule has 1 aromatic heterocycles. The molecule has 5 nitrogen and oxygen atoms in total. The predicted molar refractivity (Wildman–Crippen MR) is 102 cm³/mol. The van der Waals surface area contributed by atoms with Gasteiger partial charge in [0.1, 0.15) is 11.6 Å². The van der Waals surface area contributed by atoms with E-state index in [-0.39, 0.29) is 0 Å². The van der Waals surface area contributed by atoms with Crippen molar-refractivity contribution in [2.45, 2.75) is 13.8 Å². The molecular formula is C20H22N4O. The molecule has 0 spiro atoms. The smallest absolute Gasteiger partial charge is 0.229 e. The van der Waals surface area contributed by atoms with Gasteiger partial charge in [-0.1, -0.05) is 18.2 Å². The largest absolute Gasteiger partial charge is 0.494 e. The van der Waals surface area contributed by atoms with Crippen molar-refractivity contribution in [1.29, 1.82) is 0 Å². The second-order valence-corrected chi connectivity index (χ2v) is 5.40. The first-order valence-electron chi connectivity index (χ1n) is 8.45. The molecule has 25 heavy (non-hydrogen) atoms. The quantitative estimate of drug-likeness (QED) is 0.674. The third-order valence-corrected chi connectivity index (χ3v) is 3.72. The summed E-state index contributed by atoms with van der Waals surface area (Å²) in [7, 11) is 0. The normalized spacial score (nSPS) is 10.3. The molecule has 5 heteroatoms. The first kappa shape index (κ1) is 16.8. The van der Waals surface area contributed by atoms with Gasteiger partial charge in [-0.15, -0.1) is 0 Å². The summed E-state index contributed by atoms with van der Waals surface area (Å²) in [6, 6.07) is 19.9. The van der Waals surface area contributed by atoms with Crippen LogP contribution in [0.3, 0.4) is 0 Å². The van der Waals surface area contributed by atoms with Crippen LogP contribution in [-0.4, -0.2) is 23.1 Å². The second-order valence-electron chi connectivity index (χ2n) is 5.40. The van der Waals surface area contributed by atoms with Gasteiger partial charge in [-0.2, -0.15) is 4.98 Å². The maximum Gasteiger partial charge on any atom is 0.229 e. The summed E-state index contributed by atoms with van der Waals surface area (Å²) in [5.41, 5.74) is 2.03. The molecule has 0 radical (unpaired) electrons. The molecule has 0 bridgehead atoms. The van der Waals surface area contributed by atoms with Crippen molar-refractivity contribution in [2.75, 3.05) is 23.4 Å². The number of nitrogens with zero attached hydrogens (tertiary/aromatic N) is 3. The van der Waals surface area contributed by atoms with E-state index in [9.17, 15) is 0 Å². The molecule has 0 saturated carbocycles. The lowest BCUT2D eigenvalue weighted by Gasteiger charge is -2.22. The molecule has 0 amide bonds. The molecule has 0 aliphatic heterocycles. The number of nitrogens with one attached hydrogen (secondary N) is 1. The number of hydrogen-bond acceptors (Lipinski definition) is 5. The van der Waals surface area contributed by atoms with E-state index in [0.29, 0.717) is 12.6 Å². The Kier molecular flexibility index (Phi) is 5.46. The van der Waals surface area contributed by atoms with Gasteiger partial charge in [0.05, 0.1) is 6.61 Å². The van der Waals surface area contributed by atoms with Crippen LogP contribution in [0.25, 0.3) is 0 Å². The Morgan fingerprint density at radius 1 is 0.960 bits per heavy atom. The fourth-order valence-corrected chi connectivity index (χ4v) is 2.57. The minimum absolute atomic E-state index is 0.566. The second kappa shape index (κ2) is 8.15. The Bertz CT molecular complexity index is 790. The average Bonchev–Trinajstić information content (AvgIpc) is 2.66. The standard InChI is InChI=1S/C20H22N4O/c1-3-24(17-8-6-5-7-9-17)19-14-15-21-20(23-19)22-16-10-12-18(13-11-16)25-4-2/h5-15H,3-4H2,1-2H3,(H,21,22,23). The molecule has 0 fully saturated rings. The van der Waals surface area contributed by atoms with E-state index in [1.54, 1.807) is 6.20 Å². The van der Waals surface area contributed by atoms with E-state index >= 15 is 0 Å². The van der Waals surface area contributed by atoms with Gasteiger partial charge in [0, 0.05) is 24.1 Å². The fraction of sp³-hybridized carbons (Fsp3) is 0.200. The molecule has 2 aromatic carbocycles. The van der Waals surface area contributed by atoms with Crippen LogP contribution in [0.4, 0.5) is 23.1 Å². The van der Waals surface area contributed by atoms with Crippen LogP contribution in [0, 0.1) is 0 Å². The van der Waals surface area contributed by atoms with E-state index in [4.69, 9.17) is 4.74 Å². The highest BCUT2D eigenvalue weighted by Crippen LogP contribution is 2.24. The predicted octanol–water partition coefficient (Wildman–Crippen LogP) is 4.78. The van der Waals surface area contributed by atoms with Gasteiger partial charge in [0.25, 0.3) is 0 Å². The zero-order valence-electron chi connectivity index (χ0n) is 14.5. The first-order chi connectivity index (χ1) is 12.3. The van der Waals surface area contributed by atoms with E-state index < -0.39 is 0 Å². The van der Waals surface area contributed by atoms with Crippen LogP contribution >= 0.6 is 0 Å². The molecule has 3 aromatic rings. The number of hydrogen-bond donors (Lipinski definition) is 1. The van der Waals surface area contributed by atoms with Crippen LogP contribution in [0.15, 0.2) is 66.9 Å². The van der Waals surface area contributed by atoms with Gasteiger partial charge < -0.3 is 15.0 Å². The van der Waals surface area contributed by atoms with Crippen LogP contribution in [0.5, 0.6) is 5.75 Å². The van der Waals surface area contributed by atoms with Crippen molar-refractivity contribution in [3.63, 3.8) is 0 Å². The Morgan fingerprint density at radius 2 is 1.72 bits per heavy atom. The SMILES string of the molecule is CCOc1ccc(Nc2nccc(N(CC)c3ccccc3)n2)cc1. The highest BCUT2D eigenvalue weighted by Gasteiger charge is 2.09. The number of aromatic nitrogens is 2. The molecule has 0 aliphatic carbocycles. The summed E-state index contributed by atoms with van der Waals surface area (Å²) < 4.78 is 5.46. The lowest BCUT2D eigenvalue weighted by atomic mass is 10.3. The molecule has 0 saturated heterocycles. The van der Waals surface area contributed by atoms with Gasteiger partial charge in [-0.3, -0.25) is 0 Å². The summed E-state index contributed by atoms with van der Waals surface area (Å²) in [6.07, 6.45) is 1.77. The number of anilines is 4. The van der Waals surface area contributed by atoms with Gasteiger partial charge in [0.15, 0.2) is 0 Å². The molecule has 3 rings (SSSR count). The van der Waals surface area contributed by atoms with Gasteiger partial charge in [-0.05, 0) is 56.3 Å². The van der Waals surface area contributed by atoms with Gasteiger partial charge in [0.2, 0.25) is 5.95 Å². The van der Waals surface area contributed by atoms with Gasteiger partial charge in [-0.25, -0.2) is 4.98 Å². The zero-order valence-corrected chi connectivity index (χ0v) is 14.5. The Morgan fingerprint density at radius 3 is 2.40 bits per heavy atom. The van der Waals surface area contributed by atoms with Crippen molar-refractivity contribution in [3.8, 4) is 5.75 Å². The van der Waals surface area contributed by atoms with Crippen LogP contribution in [0.1, 0.15) is 13.8 Å². The molecule has 128 valence electrons. The molecule has 0 unspecified atom stereocenters. The number of para-hydroxylation sites is 1. The number of ether oxygens (including phenoxy) is 1. The number of benzene rings is 2. The van der Waals surface area contributed by atoms with Crippen LogP contribution in [-0.2, 0) is 0 Å². The average molecular weight is 334 g/mol. The topological polar surface area (TPSA) is 50.3 Å². The Labute approximate surface area is 148 Å². The maximum atomic E-state index is 5.46.